The number of carbonyl (C=O) groups excluding carboxylic acids is 1. The van der Waals surface area contributed by atoms with Gasteiger partial charge in [0.15, 0.2) is 23.0 Å². The summed E-state index contributed by atoms with van der Waals surface area (Å²) in [7, 11) is 0. The van der Waals surface area contributed by atoms with E-state index in [0.717, 1.165) is 66.2 Å². The molecule has 0 saturated heterocycles. The topological polar surface area (TPSA) is 251 Å². The van der Waals surface area contributed by atoms with Crippen LogP contribution in [-0.2, 0) is 12.8 Å². The molecular weight excluding hydrogens is 1150 g/mol. The lowest BCUT2D eigenvalue weighted by molar-refractivity contribution is 0.0939. The van der Waals surface area contributed by atoms with Gasteiger partial charge in [-0.3, -0.25) is 9.78 Å². The summed E-state index contributed by atoms with van der Waals surface area (Å²) in [6, 6.07) is 41.4. The van der Waals surface area contributed by atoms with Gasteiger partial charge in [0.05, 0.1) is 37.9 Å². The molecule has 1 unspecified atom stereocenters. The molecule has 4 N–H and O–H groups in total. The summed E-state index contributed by atoms with van der Waals surface area (Å²) in [5.74, 6) is 5.09. The monoisotopic (exact) mass is 1220 g/mol. The van der Waals surface area contributed by atoms with Gasteiger partial charge in [-0.15, -0.1) is 11.3 Å². The molecule has 0 aliphatic heterocycles. The van der Waals surface area contributed by atoms with E-state index in [1.807, 2.05) is 94.4 Å². The van der Waals surface area contributed by atoms with E-state index < -0.39 is 5.91 Å². The molecule has 0 fully saturated rings. The zero-order chi connectivity index (χ0) is 62.5. The summed E-state index contributed by atoms with van der Waals surface area (Å²) in [4.78, 5) is 34.4. The number of aliphatic hydroxyl groups is 2. The zero-order valence-electron chi connectivity index (χ0n) is 51.3. The van der Waals surface area contributed by atoms with Gasteiger partial charge in [0.25, 0.3) is 23.6 Å². The van der Waals surface area contributed by atoms with Crippen LogP contribution in [0, 0.1) is 6.92 Å². The van der Waals surface area contributed by atoms with E-state index in [1.54, 1.807) is 35.6 Å². The predicted molar refractivity (Wildman–Crippen MR) is 343 cm³/mol. The average Bonchev–Trinajstić information content (AvgIpc) is 2.79. The lowest BCUT2D eigenvalue weighted by Crippen LogP contribution is -2.33. The van der Waals surface area contributed by atoms with E-state index >= 15 is 0 Å². The molecule has 20 nitrogen and oxygen atoms in total. The van der Waals surface area contributed by atoms with Crippen molar-refractivity contribution in [2.45, 2.75) is 73.8 Å². The molecule has 0 bridgehead atoms. The summed E-state index contributed by atoms with van der Waals surface area (Å²) < 4.78 is 39.2. The highest BCUT2D eigenvalue weighted by atomic mass is 32.1. The van der Waals surface area contributed by atoms with Crippen LogP contribution in [0.4, 0.5) is 0 Å². The first kappa shape index (κ1) is 64.4. The van der Waals surface area contributed by atoms with Crippen molar-refractivity contribution in [1.29, 1.82) is 0 Å². The summed E-state index contributed by atoms with van der Waals surface area (Å²) in [5.41, 5.74) is 10.4. The minimum Gasteiger partial charge on any atom is -0.490 e. The van der Waals surface area contributed by atoms with Crippen LogP contribution in [0.2, 0.25) is 0 Å². The van der Waals surface area contributed by atoms with Crippen LogP contribution in [0.5, 0.6) is 23.0 Å². The number of nitrogens with one attached hydrogen (secondary N) is 2. The molecule has 0 spiro atoms. The fourth-order valence-corrected chi connectivity index (χ4v) is 11.1. The SMILES string of the molecule is CCOc1ccc(-c2nc(-c3cccc4c3CCC4NCCN(CC)CC)no2)cc1OCC.CCOc1ccc(-c2nc(-c3ccnc(C(=O)NCCO)c3)no2)cc1OCC.Cc1sc(-c2nc(-c3ccc(CCO)cc3)no2)cc1-c1ccccc1. The van der Waals surface area contributed by atoms with Crippen molar-refractivity contribution >= 4 is 17.2 Å². The number of rotatable bonds is 26. The highest BCUT2D eigenvalue weighted by Crippen LogP contribution is 2.40. The maximum atomic E-state index is 12.0. The van der Waals surface area contributed by atoms with E-state index in [2.05, 4.69) is 103 Å². The summed E-state index contributed by atoms with van der Waals surface area (Å²) >= 11 is 1.66. The van der Waals surface area contributed by atoms with Crippen LogP contribution in [0.25, 0.3) is 79.0 Å². The number of aryl methyl sites for hydroxylation is 1. The molecule has 5 aromatic heterocycles. The quantitative estimate of drug-likeness (QED) is 0.0393. The van der Waals surface area contributed by atoms with Gasteiger partial charge in [-0.25, -0.2) is 0 Å². The first-order chi connectivity index (χ1) is 43.6. The van der Waals surface area contributed by atoms with Crippen molar-refractivity contribution in [3.8, 4) is 102 Å². The highest BCUT2D eigenvalue weighted by Gasteiger charge is 2.27. The Balaban J connectivity index is 0.000000160. The molecule has 464 valence electrons. The second-order valence-corrected chi connectivity index (χ2v) is 21.6. The molecule has 11 rings (SSSR count). The minimum atomic E-state index is -0.391. The molecule has 1 amide bonds. The number of amides is 1. The molecule has 21 heteroatoms. The lowest BCUT2D eigenvalue weighted by atomic mass is 10.0. The highest BCUT2D eigenvalue weighted by molar-refractivity contribution is 7.15. The normalized spacial score (nSPS) is 12.4. The summed E-state index contributed by atoms with van der Waals surface area (Å²) in [6.45, 7) is 20.8. The number of aromatic nitrogens is 7. The van der Waals surface area contributed by atoms with Crippen LogP contribution >= 0.6 is 11.3 Å². The second-order valence-electron chi connectivity index (χ2n) is 20.3. The van der Waals surface area contributed by atoms with Crippen molar-refractivity contribution < 1.29 is 47.5 Å². The fraction of sp³-hybridized carbons (Fsp3) is 0.324. The summed E-state index contributed by atoms with van der Waals surface area (Å²) in [5, 5.41) is 36.6. The van der Waals surface area contributed by atoms with Gasteiger partial charge in [-0.2, -0.15) is 15.0 Å². The van der Waals surface area contributed by atoms with Crippen LogP contribution in [0.15, 0.2) is 147 Å². The van der Waals surface area contributed by atoms with Gasteiger partial charge >= 0.3 is 0 Å². The van der Waals surface area contributed by atoms with Crippen molar-refractivity contribution in [2.24, 2.45) is 0 Å². The number of pyridine rings is 1. The van der Waals surface area contributed by atoms with E-state index in [4.69, 9.17) is 47.7 Å². The molecule has 5 heterocycles. The van der Waals surface area contributed by atoms with Crippen molar-refractivity contribution in [2.75, 3.05) is 72.4 Å². The number of hydrogen-bond acceptors (Lipinski definition) is 20. The third-order valence-electron chi connectivity index (χ3n) is 14.6. The van der Waals surface area contributed by atoms with Gasteiger partial charge in [-0.05, 0) is 149 Å². The Hall–Kier alpha value is -9.12. The molecule has 5 aromatic carbocycles. The predicted octanol–water partition coefficient (Wildman–Crippen LogP) is 12.4. The van der Waals surface area contributed by atoms with E-state index in [0.29, 0.717) is 108 Å². The standard InChI is InChI=1S/C27H36N4O3.C21H18N2O2S.C20H22N4O5/c1-5-31(6-2)17-16-28-23-14-13-20-21(23)10-9-11-22(20)26-29-27(34-30-26)19-12-15-24(32-7-3)25(18-19)33-8-4;1-14-18(16-5-3-2-4-6-16)13-19(26-14)21-22-20(23-25-21)17-9-7-15(8-10-17)11-12-24;1-3-27-16-6-5-14(12-17(16)28-4-2)20-23-18(24-29-20)13-7-8-21-15(11-13)19(26)22-9-10-25/h9-12,15,18,23,28H,5-8,13-14,16-17H2,1-4H3;2-10,13,24H,11-12H2,1H3;5-8,11-12,25H,3-4,9-10H2,1-2H3,(H,22,26). The molecule has 10 aromatic rings. The molecule has 1 aliphatic rings. The number of thiophene rings is 1. The Labute approximate surface area is 522 Å². The number of likely N-dealkylation sites (N-methyl/N-ethyl adjacent to an activating group) is 1. The zero-order valence-corrected chi connectivity index (χ0v) is 52.1. The van der Waals surface area contributed by atoms with Crippen molar-refractivity contribution in [3.05, 3.63) is 161 Å². The first-order valence-corrected chi connectivity index (χ1v) is 31.0. The number of carbonyl (C=O) groups is 1. The maximum Gasteiger partial charge on any atom is 0.269 e. The van der Waals surface area contributed by atoms with Crippen LogP contribution < -0.4 is 29.6 Å². The summed E-state index contributed by atoms with van der Waals surface area (Å²) in [6.07, 6.45) is 4.24. The number of fused-ring (bicyclic) bond motifs is 1. The minimum absolute atomic E-state index is 0.146. The Bertz CT molecular complexity index is 3840. The third kappa shape index (κ3) is 16.5. The average molecular weight is 1230 g/mol. The van der Waals surface area contributed by atoms with Crippen LogP contribution in [0.3, 0.4) is 0 Å². The molecule has 0 saturated carbocycles. The molecule has 89 heavy (non-hydrogen) atoms. The Kier molecular flexibility index (Phi) is 23.3. The van der Waals surface area contributed by atoms with Crippen LogP contribution in [0.1, 0.15) is 86.1 Å². The largest absolute Gasteiger partial charge is 0.490 e. The fourth-order valence-electron chi connectivity index (χ4n) is 10.1. The van der Waals surface area contributed by atoms with E-state index in [1.165, 1.54) is 33.3 Å². The van der Waals surface area contributed by atoms with Crippen LogP contribution in [-0.4, -0.2) is 129 Å². The van der Waals surface area contributed by atoms with Gasteiger partial charge < -0.3 is 58.3 Å². The van der Waals surface area contributed by atoms with Gasteiger partial charge in [0.2, 0.25) is 17.5 Å². The Morgan fingerprint density at radius 1 is 0.596 bits per heavy atom. The molecular formula is C68H76N10O10S. The number of hydrogen-bond donors (Lipinski definition) is 4. The van der Waals surface area contributed by atoms with Gasteiger partial charge in [0, 0.05) is 71.2 Å². The smallest absolute Gasteiger partial charge is 0.269 e. The van der Waals surface area contributed by atoms with Crippen molar-refractivity contribution in [3.63, 3.8) is 0 Å². The lowest BCUT2D eigenvalue weighted by Gasteiger charge is -2.20. The van der Waals surface area contributed by atoms with Crippen molar-refractivity contribution in [1.82, 2.24) is 50.9 Å². The third-order valence-corrected chi connectivity index (χ3v) is 15.6. The Morgan fingerprint density at radius 2 is 1.19 bits per heavy atom. The molecule has 1 atom stereocenters. The molecule has 0 radical (unpaired) electrons. The van der Waals surface area contributed by atoms with Gasteiger partial charge in [0.1, 0.15) is 5.69 Å². The number of benzene rings is 5. The second kappa shape index (κ2) is 32.2. The van der Waals surface area contributed by atoms with E-state index in [-0.39, 0.29) is 25.5 Å². The van der Waals surface area contributed by atoms with E-state index in [9.17, 15) is 4.79 Å². The number of nitrogens with zero attached hydrogens (tertiary/aromatic N) is 8. The Morgan fingerprint density at radius 3 is 1.82 bits per heavy atom. The maximum absolute atomic E-state index is 12.0. The van der Waals surface area contributed by atoms with Gasteiger partial charge in [-0.1, -0.05) is 102 Å². The number of aliphatic hydroxyl groups excluding tert-OH is 2. The first-order valence-electron chi connectivity index (χ1n) is 30.2. The number of ether oxygens (including phenoxy) is 4. The molecule has 1 aliphatic carbocycles.